The lowest BCUT2D eigenvalue weighted by Crippen LogP contribution is -2.49. The van der Waals surface area contributed by atoms with E-state index in [9.17, 15) is 4.79 Å². The van der Waals surface area contributed by atoms with Gasteiger partial charge in [-0.1, -0.05) is 0 Å². The second kappa shape index (κ2) is 2.35. The van der Waals surface area contributed by atoms with Crippen molar-refractivity contribution >= 4 is 5.91 Å². The summed E-state index contributed by atoms with van der Waals surface area (Å²) >= 11 is 0. The van der Waals surface area contributed by atoms with Crippen LogP contribution < -0.4 is 5.32 Å². The third kappa shape index (κ3) is 1.42. The highest BCUT2D eigenvalue weighted by Crippen LogP contribution is 2.18. The van der Waals surface area contributed by atoms with Crippen molar-refractivity contribution in [1.82, 2.24) is 5.32 Å². The molecule has 1 aliphatic rings. The van der Waals surface area contributed by atoms with E-state index < -0.39 is 0 Å². The predicted molar refractivity (Wildman–Crippen MR) is 32.8 cm³/mol. The number of hydrogen-bond acceptors (Lipinski definition) is 2. The molecule has 0 aliphatic heterocycles. The van der Waals surface area contributed by atoms with Crippen LogP contribution in [-0.2, 0) is 4.79 Å². The summed E-state index contributed by atoms with van der Waals surface area (Å²) in [6.45, 7) is 1.46. The fraction of sp³-hybridized carbons (Fsp3) is 0.833. The molecule has 3 heteroatoms. The van der Waals surface area contributed by atoms with Crippen molar-refractivity contribution in [2.24, 2.45) is 0 Å². The minimum atomic E-state index is -0.297. The van der Waals surface area contributed by atoms with Crippen LogP contribution in [0.5, 0.6) is 0 Å². The topological polar surface area (TPSA) is 49.3 Å². The van der Waals surface area contributed by atoms with Gasteiger partial charge in [-0.3, -0.25) is 4.79 Å². The van der Waals surface area contributed by atoms with Crippen molar-refractivity contribution in [3.05, 3.63) is 0 Å². The van der Waals surface area contributed by atoms with Gasteiger partial charge in [0, 0.05) is 6.92 Å². The number of carbonyl (C=O) groups is 1. The Balaban J connectivity index is 2.21. The van der Waals surface area contributed by atoms with Crippen molar-refractivity contribution in [2.75, 3.05) is 0 Å². The van der Waals surface area contributed by atoms with Gasteiger partial charge in [0.05, 0.1) is 12.1 Å². The van der Waals surface area contributed by atoms with Crippen molar-refractivity contribution in [3.63, 3.8) is 0 Å². The molecule has 3 nitrogen and oxygen atoms in total. The van der Waals surface area contributed by atoms with Crippen molar-refractivity contribution in [2.45, 2.75) is 31.9 Å². The van der Waals surface area contributed by atoms with Crippen molar-refractivity contribution in [3.8, 4) is 0 Å². The van der Waals surface area contributed by atoms with E-state index >= 15 is 0 Å². The molecule has 2 N–H and O–H groups in total. The first-order valence-electron chi connectivity index (χ1n) is 3.15. The van der Waals surface area contributed by atoms with Crippen molar-refractivity contribution < 1.29 is 9.90 Å². The van der Waals surface area contributed by atoms with Crippen LogP contribution in [0.2, 0.25) is 0 Å². The molecule has 1 saturated carbocycles. The standard InChI is InChI=1S/C6H11NO2/c1-4(8)7-5-2-3-6(5)9/h5-6,9H,2-3H2,1H3,(H,7,8)/t5-,6-/m0/s1. The van der Waals surface area contributed by atoms with Crippen LogP contribution in [0.3, 0.4) is 0 Å². The van der Waals surface area contributed by atoms with Gasteiger partial charge in [0.25, 0.3) is 0 Å². The molecule has 0 unspecified atom stereocenters. The van der Waals surface area contributed by atoms with Crippen LogP contribution in [0, 0.1) is 0 Å². The number of aliphatic hydroxyl groups excluding tert-OH is 1. The molecule has 0 aromatic heterocycles. The summed E-state index contributed by atoms with van der Waals surface area (Å²) in [6, 6.07) is 0.0301. The van der Waals surface area contributed by atoms with Gasteiger partial charge in [0.15, 0.2) is 0 Å². The molecular formula is C6H11NO2. The molecule has 0 radical (unpaired) electrons. The minimum Gasteiger partial charge on any atom is -0.391 e. The second-order valence-corrected chi connectivity index (χ2v) is 2.45. The summed E-state index contributed by atoms with van der Waals surface area (Å²) in [4.78, 5) is 10.4. The van der Waals surface area contributed by atoms with E-state index in [-0.39, 0.29) is 18.1 Å². The predicted octanol–water partition coefficient (Wildman–Crippen LogP) is -0.354. The SMILES string of the molecule is CC(=O)N[C@H]1CC[C@@H]1O. The number of amides is 1. The first-order valence-corrected chi connectivity index (χ1v) is 3.15. The molecule has 9 heavy (non-hydrogen) atoms. The first kappa shape index (κ1) is 6.55. The van der Waals surface area contributed by atoms with Crippen LogP contribution in [0.1, 0.15) is 19.8 Å². The first-order chi connectivity index (χ1) is 4.20. The Labute approximate surface area is 54.1 Å². The molecule has 1 aliphatic carbocycles. The van der Waals surface area contributed by atoms with E-state index in [0.717, 1.165) is 12.8 Å². The van der Waals surface area contributed by atoms with Crippen LogP contribution in [0.4, 0.5) is 0 Å². The molecule has 2 atom stereocenters. The number of aliphatic hydroxyl groups is 1. The van der Waals surface area contributed by atoms with E-state index in [1.54, 1.807) is 0 Å². The van der Waals surface area contributed by atoms with Gasteiger partial charge in [-0.15, -0.1) is 0 Å². The van der Waals surface area contributed by atoms with Gasteiger partial charge in [0.1, 0.15) is 0 Å². The molecule has 52 valence electrons. The Morgan fingerprint density at radius 2 is 2.33 bits per heavy atom. The maximum atomic E-state index is 10.4. The van der Waals surface area contributed by atoms with Gasteiger partial charge in [-0.25, -0.2) is 0 Å². The average molecular weight is 129 g/mol. The molecule has 0 aromatic rings. The summed E-state index contributed by atoms with van der Waals surface area (Å²) in [5.74, 6) is -0.0567. The molecule has 0 saturated heterocycles. The minimum absolute atomic E-state index is 0.0301. The largest absolute Gasteiger partial charge is 0.391 e. The fourth-order valence-electron chi connectivity index (χ4n) is 0.912. The maximum absolute atomic E-state index is 10.4. The van der Waals surface area contributed by atoms with E-state index in [2.05, 4.69) is 5.32 Å². The summed E-state index contributed by atoms with van der Waals surface area (Å²) in [6.07, 6.45) is 1.44. The fourth-order valence-corrected chi connectivity index (χ4v) is 0.912. The maximum Gasteiger partial charge on any atom is 0.217 e. The number of rotatable bonds is 1. The van der Waals surface area contributed by atoms with Gasteiger partial charge in [-0.2, -0.15) is 0 Å². The lowest BCUT2D eigenvalue weighted by molar-refractivity contribution is -0.121. The van der Waals surface area contributed by atoms with E-state index in [1.165, 1.54) is 6.92 Å². The number of hydrogen-bond donors (Lipinski definition) is 2. The highest BCUT2D eigenvalue weighted by molar-refractivity contribution is 5.73. The van der Waals surface area contributed by atoms with Crippen LogP contribution in [-0.4, -0.2) is 23.2 Å². The third-order valence-electron chi connectivity index (χ3n) is 1.63. The summed E-state index contributed by atoms with van der Waals surface area (Å²) < 4.78 is 0. The Kier molecular flexibility index (Phi) is 1.71. The van der Waals surface area contributed by atoms with Crippen LogP contribution in [0.25, 0.3) is 0 Å². The van der Waals surface area contributed by atoms with Crippen molar-refractivity contribution in [1.29, 1.82) is 0 Å². The summed E-state index contributed by atoms with van der Waals surface area (Å²) in [5.41, 5.74) is 0. The number of nitrogens with one attached hydrogen (secondary N) is 1. The smallest absolute Gasteiger partial charge is 0.217 e. The van der Waals surface area contributed by atoms with Crippen LogP contribution in [0.15, 0.2) is 0 Å². The quantitative estimate of drug-likeness (QED) is 0.508. The molecule has 0 heterocycles. The highest BCUT2D eigenvalue weighted by atomic mass is 16.3. The average Bonchev–Trinajstić information content (AvgIpc) is 1.79. The van der Waals surface area contributed by atoms with Gasteiger partial charge in [0.2, 0.25) is 5.91 Å². The van der Waals surface area contributed by atoms with Gasteiger partial charge in [-0.05, 0) is 12.8 Å². The van der Waals surface area contributed by atoms with Gasteiger partial charge < -0.3 is 10.4 Å². The molecule has 0 aromatic carbocycles. The Morgan fingerprint density at radius 3 is 2.44 bits per heavy atom. The Morgan fingerprint density at radius 1 is 1.67 bits per heavy atom. The second-order valence-electron chi connectivity index (χ2n) is 2.45. The zero-order valence-electron chi connectivity index (χ0n) is 5.42. The van der Waals surface area contributed by atoms with E-state index in [4.69, 9.17) is 5.11 Å². The van der Waals surface area contributed by atoms with E-state index in [0.29, 0.717) is 0 Å². The lowest BCUT2D eigenvalue weighted by Gasteiger charge is -2.32. The molecular weight excluding hydrogens is 118 g/mol. The summed E-state index contributed by atoms with van der Waals surface area (Å²) in [5, 5.41) is 11.6. The molecule has 1 amide bonds. The molecule has 0 spiro atoms. The molecule has 1 fully saturated rings. The third-order valence-corrected chi connectivity index (χ3v) is 1.63. The molecule has 1 rings (SSSR count). The molecule has 0 bridgehead atoms. The zero-order chi connectivity index (χ0) is 6.85. The Hall–Kier alpha value is -0.570. The highest BCUT2D eigenvalue weighted by Gasteiger charge is 2.28. The van der Waals surface area contributed by atoms with E-state index in [1.807, 2.05) is 0 Å². The summed E-state index contributed by atoms with van der Waals surface area (Å²) in [7, 11) is 0. The van der Waals surface area contributed by atoms with Gasteiger partial charge >= 0.3 is 0 Å². The monoisotopic (exact) mass is 129 g/mol. The normalized spacial score (nSPS) is 33.1. The Bertz CT molecular complexity index is 124. The number of carbonyl (C=O) groups excluding carboxylic acids is 1. The van der Waals surface area contributed by atoms with Crippen LogP contribution >= 0.6 is 0 Å². The zero-order valence-corrected chi connectivity index (χ0v) is 5.42. The lowest BCUT2D eigenvalue weighted by atomic mass is 9.89.